The van der Waals surface area contributed by atoms with Crippen LogP contribution in [0.3, 0.4) is 0 Å². The second-order valence-electron chi connectivity index (χ2n) is 11.0. The maximum absolute atomic E-state index is 14.3. The van der Waals surface area contributed by atoms with Crippen molar-refractivity contribution in [1.82, 2.24) is 10.2 Å². The van der Waals surface area contributed by atoms with Gasteiger partial charge in [0.15, 0.2) is 0 Å². The number of carbonyl (C=O) groups excluding carboxylic acids is 2. The summed E-state index contributed by atoms with van der Waals surface area (Å²) in [7, 11) is -1.34. The molecule has 3 aromatic carbocycles. The Balaban J connectivity index is 1.76. The van der Waals surface area contributed by atoms with Crippen molar-refractivity contribution in [3.8, 4) is 11.5 Å². The van der Waals surface area contributed by atoms with Gasteiger partial charge in [-0.15, -0.1) is 0 Å². The zero-order valence-electron chi connectivity index (χ0n) is 25.5. The summed E-state index contributed by atoms with van der Waals surface area (Å²) in [5.74, 6) is -0.145. The average Bonchev–Trinajstić information content (AvgIpc) is 3.51. The lowest BCUT2D eigenvalue weighted by atomic mass is 10.1. The molecule has 1 aliphatic rings. The van der Waals surface area contributed by atoms with Crippen molar-refractivity contribution < 1.29 is 27.5 Å². The number of methoxy groups -OCH3 is 2. The third kappa shape index (κ3) is 7.48. The van der Waals surface area contributed by atoms with E-state index in [1.54, 1.807) is 31.2 Å². The number of aryl methyl sites for hydroxylation is 2. The van der Waals surface area contributed by atoms with Crippen LogP contribution < -0.4 is 19.1 Å². The second-order valence-corrected chi connectivity index (χ2v) is 12.8. The van der Waals surface area contributed by atoms with Crippen LogP contribution in [0.25, 0.3) is 0 Å². The number of sulfonamides is 1. The molecule has 2 amide bonds. The Kier molecular flexibility index (Phi) is 10.3. The lowest BCUT2D eigenvalue weighted by Crippen LogP contribution is -2.52. The molecule has 0 heterocycles. The molecule has 1 atom stereocenters. The Morgan fingerprint density at radius 2 is 1.63 bits per heavy atom. The molecule has 1 fully saturated rings. The van der Waals surface area contributed by atoms with Gasteiger partial charge in [0.2, 0.25) is 11.8 Å². The van der Waals surface area contributed by atoms with E-state index in [0.29, 0.717) is 5.75 Å². The van der Waals surface area contributed by atoms with Gasteiger partial charge in [-0.05, 0) is 69.0 Å². The summed E-state index contributed by atoms with van der Waals surface area (Å²) in [4.78, 5) is 29.2. The highest BCUT2D eigenvalue weighted by atomic mass is 32.2. The SMILES string of the molecule is COc1ccc(OC)c(N(CC(=O)N(Cc2ccccc2C)[C@H](C)C(=O)NC2CCCC2)S(=O)(=O)c2ccc(C)cc2)c1. The van der Waals surface area contributed by atoms with E-state index in [2.05, 4.69) is 5.32 Å². The summed E-state index contributed by atoms with van der Waals surface area (Å²) < 4.78 is 40.4. The van der Waals surface area contributed by atoms with E-state index in [1.165, 1.54) is 37.3 Å². The molecule has 0 spiro atoms. The number of amides is 2. The van der Waals surface area contributed by atoms with Crippen LogP contribution in [0.4, 0.5) is 5.69 Å². The van der Waals surface area contributed by atoms with Gasteiger partial charge in [-0.3, -0.25) is 13.9 Å². The van der Waals surface area contributed by atoms with Crippen LogP contribution >= 0.6 is 0 Å². The van der Waals surface area contributed by atoms with Gasteiger partial charge >= 0.3 is 0 Å². The standard InChI is InChI=1S/C33H41N3O6S/c1-23-14-17-29(18-15-23)43(39,40)36(30-20-28(41-4)16-19-31(30)42-5)22-32(37)35(21-26-11-7-6-10-24(26)2)25(3)33(38)34-27-12-8-9-13-27/h6-7,10-11,14-20,25,27H,8-9,12-13,21-22H2,1-5H3,(H,34,38)/t25-/m1/s1. The molecule has 230 valence electrons. The van der Waals surface area contributed by atoms with Crippen LogP contribution in [0.2, 0.25) is 0 Å². The van der Waals surface area contributed by atoms with E-state index >= 15 is 0 Å². The zero-order valence-corrected chi connectivity index (χ0v) is 26.3. The first-order chi connectivity index (χ1) is 20.5. The molecule has 0 radical (unpaired) electrons. The van der Waals surface area contributed by atoms with Gasteiger partial charge in [0.1, 0.15) is 24.1 Å². The Bertz CT molecular complexity index is 1530. The first kappa shape index (κ1) is 31.9. The highest BCUT2D eigenvalue weighted by Gasteiger charge is 2.35. The third-order valence-electron chi connectivity index (χ3n) is 8.01. The fourth-order valence-electron chi connectivity index (χ4n) is 5.29. The fourth-order valence-corrected chi connectivity index (χ4v) is 6.70. The fraction of sp³-hybridized carbons (Fsp3) is 0.394. The average molecular weight is 608 g/mol. The molecular formula is C33H41N3O6S. The van der Waals surface area contributed by atoms with Crippen LogP contribution in [0.1, 0.15) is 49.3 Å². The van der Waals surface area contributed by atoms with Gasteiger partial charge in [0.05, 0.1) is 24.8 Å². The molecule has 43 heavy (non-hydrogen) atoms. The van der Waals surface area contributed by atoms with E-state index in [0.717, 1.165) is 46.7 Å². The van der Waals surface area contributed by atoms with E-state index in [4.69, 9.17) is 9.47 Å². The van der Waals surface area contributed by atoms with E-state index in [-0.39, 0.29) is 34.8 Å². The molecule has 9 nitrogen and oxygen atoms in total. The highest BCUT2D eigenvalue weighted by Crippen LogP contribution is 2.36. The minimum absolute atomic E-state index is 0.0215. The topological polar surface area (TPSA) is 105 Å². The molecule has 3 aromatic rings. The molecule has 0 saturated heterocycles. The van der Waals surface area contributed by atoms with Crippen molar-refractivity contribution in [2.75, 3.05) is 25.1 Å². The Labute approximate surface area is 254 Å². The second kappa shape index (κ2) is 13.9. The van der Waals surface area contributed by atoms with Gasteiger partial charge in [-0.1, -0.05) is 54.8 Å². The number of anilines is 1. The van der Waals surface area contributed by atoms with Crippen LogP contribution in [0.5, 0.6) is 11.5 Å². The maximum Gasteiger partial charge on any atom is 0.264 e. The van der Waals surface area contributed by atoms with Gasteiger partial charge in [-0.2, -0.15) is 0 Å². The third-order valence-corrected chi connectivity index (χ3v) is 9.79. The number of rotatable bonds is 12. The normalized spacial score (nSPS) is 14.2. The highest BCUT2D eigenvalue weighted by molar-refractivity contribution is 7.92. The molecular weight excluding hydrogens is 566 g/mol. The number of benzene rings is 3. The van der Waals surface area contributed by atoms with Gasteiger partial charge < -0.3 is 19.7 Å². The van der Waals surface area contributed by atoms with Crippen LogP contribution in [-0.2, 0) is 26.2 Å². The lowest BCUT2D eigenvalue weighted by Gasteiger charge is -2.33. The molecule has 10 heteroatoms. The van der Waals surface area contributed by atoms with Crippen molar-refractivity contribution in [1.29, 1.82) is 0 Å². The molecule has 1 saturated carbocycles. The Morgan fingerprint density at radius 1 is 0.953 bits per heavy atom. The summed E-state index contributed by atoms with van der Waals surface area (Å²) >= 11 is 0. The van der Waals surface area contributed by atoms with E-state index in [1.807, 2.05) is 38.1 Å². The van der Waals surface area contributed by atoms with Gasteiger partial charge in [0.25, 0.3) is 10.0 Å². The first-order valence-corrected chi connectivity index (χ1v) is 15.9. The van der Waals surface area contributed by atoms with Gasteiger partial charge in [-0.25, -0.2) is 8.42 Å². The summed E-state index contributed by atoms with van der Waals surface area (Å²) in [6, 6.07) is 18.1. The largest absolute Gasteiger partial charge is 0.497 e. The Morgan fingerprint density at radius 3 is 2.26 bits per heavy atom. The predicted octanol–water partition coefficient (Wildman–Crippen LogP) is 4.99. The van der Waals surface area contributed by atoms with Crippen molar-refractivity contribution >= 4 is 27.5 Å². The van der Waals surface area contributed by atoms with Crippen LogP contribution in [-0.4, -0.2) is 58.0 Å². The van der Waals surface area contributed by atoms with E-state index in [9.17, 15) is 18.0 Å². The van der Waals surface area contributed by atoms with Crippen molar-refractivity contribution in [2.45, 2.75) is 70.0 Å². The molecule has 0 unspecified atom stereocenters. The smallest absolute Gasteiger partial charge is 0.264 e. The zero-order chi connectivity index (χ0) is 31.1. The first-order valence-electron chi connectivity index (χ1n) is 14.5. The molecule has 1 N–H and O–H groups in total. The number of nitrogens with one attached hydrogen (secondary N) is 1. The molecule has 0 aromatic heterocycles. The number of ether oxygens (including phenoxy) is 2. The summed E-state index contributed by atoms with van der Waals surface area (Å²) in [6.45, 7) is 5.07. The number of carbonyl (C=O) groups is 2. The van der Waals surface area contributed by atoms with Crippen LogP contribution in [0, 0.1) is 13.8 Å². The molecule has 4 rings (SSSR count). The summed E-state index contributed by atoms with van der Waals surface area (Å²) in [5, 5.41) is 3.09. The quantitative estimate of drug-likeness (QED) is 0.311. The summed E-state index contributed by atoms with van der Waals surface area (Å²) in [6.07, 6.45) is 3.92. The Hall–Kier alpha value is -4.05. The molecule has 0 aliphatic heterocycles. The van der Waals surface area contributed by atoms with Crippen LogP contribution in [0.15, 0.2) is 71.6 Å². The molecule has 1 aliphatic carbocycles. The van der Waals surface area contributed by atoms with Crippen molar-refractivity contribution in [3.05, 3.63) is 83.4 Å². The van der Waals surface area contributed by atoms with Gasteiger partial charge in [0, 0.05) is 18.7 Å². The summed E-state index contributed by atoms with van der Waals surface area (Å²) in [5.41, 5.74) is 2.87. The monoisotopic (exact) mass is 607 g/mol. The van der Waals surface area contributed by atoms with Crippen molar-refractivity contribution in [2.24, 2.45) is 0 Å². The lowest BCUT2D eigenvalue weighted by molar-refractivity contribution is -0.139. The number of hydrogen-bond acceptors (Lipinski definition) is 6. The predicted molar refractivity (Wildman–Crippen MR) is 167 cm³/mol. The minimum atomic E-state index is -4.25. The van der Waals surface area contributed by atoms with E-state index < -0.39 is 28.5 Å². The maximum atomic E-state index is 14.3. The number of nitrogens with zero attached hydrogens (tertiary/aromatic N) is 2. The molecule has 0 bridgehead atoms. The minimum Gasteiger partial charge on any atom is -0.497 e. The van der Waals surface area contributed by atoms with Crippen molar-refractivity contribution in [3.63, 3.8) is 0 Å². The number of hydrogen-bond donors (Lipinski definition) is 1.